The molecule has 4 nitrogen and oxygen atoms in total. The molecule has 0 spiro atoms. The Morgan fingerprint density at radius 2 is 2.15 bits per heavy atom. The normalized spacial score (nSPS) is 15.8. The Balaban J connectivity index is 1.65. The van der Waals surface area contributed by atoms with Crippen molar-refractivity contribution in [2.24, 2.45) is 0 Å². The summed E-state index contributed by atoms with van der Waals surface area (Å²) in [6.07, 6.45) is 6.68. The Bertz CT molecular complexity index is 933. The highest BCUT2D eigenvalue weighted by molar-refractivity contribution is 7.14. The van der Waals surface area contributed by atoms with Gasteiger partial charge in [0.25, 0.3) is 5.91 Å². The number of carbonyl (C=O) groups is 1. The van der Waals surface area contributed by atoms with Crippen LogP contribution in [0.25, 0.3) is 0 Å². The maximum atomic E-state index is 12.4. The molecule has 1 aliphatic carbocycles. The molecule has 1 aromatic carbocycles. The number of amides is 1. The lowest BCUT2D eigenvalue weighted by Crippen LogP contribution is -2.25. The Labute approximate surface area is 161 Å². The molecule has 0 radical (unpaired) electrons. The van der Waals surface area contributed by atoms with Crippen LogP contribution in [0.5, 0.6) is 5.75 Å². The molecule has 1 aromatic heterocycles. The van der Waals surface area contributed by atoms with Crippen LogP contribution in [-0.2, 0) is 0 Å². The SMILES string of the molecule is Cc1nc(C#Cc2ccc(O)cc2)sc1C(=O)NCC1=CCC(Cl)C=C1. The summed E-state index contributed by atoms with van der Waals surface area (Å²) in [6, 6.07) is 6.62. The Kier molecular flexibility index (Phi) is 5.77. The molecule has 1 heterocycles. The summed E-state index contributed by atoms with van der Waals surface area (Å²) in [4.78, 5) is 17.3. The second kappa shape index (κ2) is 8.22. The monoisotopic (exact) mass is 384 g/mol. The van der Waals surface area contributed by atoms with Crippen LogP contribution in [0.15, 0.2) is 48.1 Å². The number of aromatic nitrogens is 1. The predicted molar refractivity (Wildman–Crippen MR) is 105 cm³/mol. The molecular weight excluding hydrogens is 368 g/mol. The standard InChI is InChI=1S/C20H17ClN2O2S/c1-13-19(20(25)22-12-15-2-7-16(21)8-3-15)26-18(23-13)11-6-14-4-9-17(24)10-5-14/h2-5,7,9-10,16,24H,8,12H2,1H3,(H,22,25). The molecule has 2 aromatic rings. The summed E-state index contributed by atoms with van der Waals surface area (Å²) in [7, 11) is 0. The Hall–Kier alpha value is -2.55. The van der Waals surface area contributed by atoms with Gasteiger partial charge >= 0.3 is 0 Å². The number of aryl methyl sites for hydroxylation is 1. The van der Waals surface area contributed by atoms with Gasteiger partial charge in [0.2, 0.25) is 0 Å². The lowest BCUT2D eigenvalue weighted by Gasteiger charge is -2.11. The van der Waals surface area contributed by atoms with E-state index in [2.05, 4.69) is 22.1 Å². The van der Waals surface area contributed by atoms with E-state index in [9.17, 15) is 9.90 Å². The number of hydrogen-bond donors (Lipinski definition) is 2. The maximum absolute atomic E-state index is 12.4. The fraction of sp³-hybridized carbons (Fsp3) is 0.200. The molecule has 0 aliphatic heterocycles. The number of nitrogens with zero attached hydrogens (tertiary/aromatic N) is 1. The predicted octanol–water partition coefficient (Wildman–Crippen LogP) is 3.78. The summed E-state index contributed by atoms with van der Waals surface area (Å²) in [6.45, 7) is 2.26. The number of phenols is 1. The topological polar surface area (TPSA) is 62.2 Å². The summed E-state index contributed by atoms with van der Waals surface area (Å²) < 4.78 is 0. The van der Waals surface area contributed by atoms with Crippen molar-refractivity contribution < 1.29 is 9.90 Å². The minimum atomic E-state index is -0.153. The number of alkyl halides is 1. The minimum absolute atomic E-state index is 0.0351. The first-order chi connectivity index (χ1) is 12.5. The Morgan fingerprint density at radius 1 is 1.38 bits per heavy atom. The number of benzene rings is 1. The fourth-order valence-corrected chi connectivity index (χ4v) is 3.36. The molecule has 26 heavy (non-hydrogen) atoms. The molecule has 132 valence electrons. The minimum Gasteiger partial charge on any atom is -0.508 e. The second-order valence-electron chi connectivity index (χ2n) is 5.80. The van der Waals surface area contributed by atoms with Gasteiger partial charge in [0.1, 0.15) is 10.6 Å². The third kappa shape index (κ3) is 4.75. The molecular formula is C20H17ClN2O2S. The quantitative estimate of drug-likeness (QED) is 0.625. The van der Waals surface area contributed by atoms with E-state index in [1.165, 1.54) is 11.3 Å². The summed E-state index contributed by atoms with van der Waals surface area (Å²) >= 11 is 7.27. The van der Waals surface area contributed by atoms with Crippen molar-refractivity contribution >= 4 is 28.8 Å². The van der Waals surface area contributed by atoms with Gasteiger partial charge in [-0.15, -0.1) is 22.9 Å². The van der Waals surface area contributed by atoms with Gasteiger partial charge in [-0.1, -0.05) is 24.1 Å². The van der Waals surface area contributed by atoms with Crippen molar-refractivity contribution in [1.82, 2.24) is 10.3 Å². The number of hydrogen-bond acceptors (Lipinski definition) is 4. The van der Waals surface area contributed by atoms with E-state index < -0.39 is 0 Å². The molecule has 0 saturated heterocycles. The molecule has 1 aliphatic rings. The van der Waals surface area contributed by atoms with Crippen LogP contribution in [-0.4, -0.2) is 27.9 Å². The zero-order chi connectivity index (χ0) is 18.5. The van der Waals surface area contributed by atoms with Crippen LogP contribution in [0.2, 0.25) is 0 Å². The Morgan fingerprint density at radius 3 is 2.85 bits per heavy atom. The van der Waals surface area contributed by atoms with Crippen LogP contribution in [0, 0.1) is 18.8 Å². The number of aromatic hydroxyl groups is 1. The van der Waals surface area contributed by atoms with Crippen LogP contribution in [0.3, 0.4) is 0 Å². The van der Waals surface area contributed by atoms with Crippen LogP contribution >= 0.6 is 22.9 Å². The first-order valence-electron chi connectivity index (χ1n) is 8.09. The average molecular weight is 385 g/mol. The number of halogens is 1. The number of phenolic OH excluding ortho intramolecular Hbond substituents is 1. The van der Waals surface area contributed by atoms with Crippen molar-refractivity contribution in [3.8, 4) is 17.6 Å². The van der Waals surface area contributed by atoms with E-state index in [-0.39, 0.29) is 17.0 Å². The number of thiazole rings is 1. The van der Waals surface area contributed by atoms with E-state index in [1.54, 1.807) is 31.2 Å². The molecule has 0 fully saturated rings. The van der Waals surface area contributed by atoms with Gasteiger partial charge in [-0.3, -0.25) is 4.79 Å². The maximum Gasteiger partial charge on any atom is 0.263 e. The highest BCUT2D eigenvalue weighted by Gasteiger charge is 2.15. The van der Waals surface area contributed by atoms with Gasteiger partial charge in [0.15, 0.2) is 5.01 Å². The fourth-order valence-electron chi connectivity index (χ4n) is 2.36. The van der Waals surface area contributed by atoms with Gasteiger partial charge in [-0.2, -0.15) is 0 Å². The third-order valence-electron chi connectivity index (χ3n) is 3.76. The lowest BCUT2D eigenvalue weighted by atomic mass is 10.1. The molecule has 1 amide bonds. The number of rotatable bonds is 3. The largest absolute Gasteiger partial charge is 0.508 e. The molecule has 1 atom stereocenters. The van der Waals surface area contributed by atoms with Gasteiger partial charge in [0, 0.05) is 12.1 Å². The van der Waals surface area contributed by atoms with E-state index in [0.29, 0.717) is 22.1 Å². The van der Waals surface area contributed by atoms with E-state index in [0.717, 1.165) is 17.6 Å². The zero-order valence-corrected chi connectivity index (χ0v) is 15.7. The highest BCUT2D eigenvalue weighted by Crippen LogP contribution is 2.18. The van der Waals surface area contributed by atoms with E-state index >= 15 is 0 Å². The van der Waals surface area contributed by atoms with Crippen molar-refractivity contribution in [3.63, 3.8) is 0 Å². The first kappa shape index (κ1) is 18.2. The van der Waals surface area contributed by atoms with Gasteiger partial charge < -0.3 is 10.4 Å². The summed E-state index contributed by atoms with van der Waals surface area (Å²) in [5.74, 6) is 5.99. The number of carbonyl (C=O) groups excluding carboxylic acids is 1. The van der Waals surface area contributed by atoms with Crippen molar-refractivity contribution in [2.45, 2.75) is 18.7 Å². The van der Waals surface area contributed by atoms with Gasteiger partial charge in [-0.05, 0) is 49.1 Å². The van der Waals surface area contributed by atoms with Crippen LogP contribution in [0.4, 0.5) is 0 Å². The smallest absolute Gasteiger partial charge is 0.263 e. The van der Waals surface area contributed by atoms with Gasteiger partial charge in [-0.25, -0.2) is 4.98 Å². The third-order valence-corrected chi connectivity index (χ3v) is 5.16. The van der Waals surface area contributed by atoms with Crippen LogP contribution in [0.1, 0.15) is 32.4 Å². The summed E-state index contributed by atoms with van der Waals surface area (Å²) in [5, 5.41) is 12.8. The van der Waals surface area contributed by atoms with Crippen LogP contribution < -0.4 is 5.32 Å². The second-order valence-corrected chi connectivity index (χ2v) is 7.36. The van der Waals surface area contributed by atoms with Crippen molar-refractivity contribution in [3.05, 3.63) is 69.2 Å². The first-order valence-corrected chi connectivity index (χ1v) is 9.34. The highest BCUT2D eigenvalue weighted by atomic mass is 35.5. The average Bonchev–Trinajstić information content (AvgIpc) is 3.01. The number of allylic oxidation sites excluding steroid dienone is 2. The molecule has 0 bridgehead atoms. The lowest BCUT2D eigenvalue weighted by molar-refractivity contribution is 0.0960. The van der Waals surface area contributed by atoms with Crippen molar-refractivity contribution in [2.75, 3.05) is 6.54 Å². The van der Waals surface area contributed by atoms with Gasteiger partial charge in [0.05, 0.1) is 11.1 Å². The molecule has 2 N–H and O–H groups in total. The molecule has 6 heteroatoms. The number of nitrogens with one attached hydrogen (secondary N) is 1. The van der Waals surface area contributed by atoms with E-state index in [4.69, 9.17) is 11.6 Å². The van der Waals surface area contributed by atoms with E-state index in [1.807, 2.05) is 18.2 Å². The molecule has 3 rings (SSSR count). The van der Waals surface area contributed by atoms with Crippen molar-refractivity contribution in [1.29, 1.82) is 0 Å². The molecule has 1 unspecified atom stereocenters. The zero-order valence-electron chi connectivity index (χ0n) is 14.1. The summed E-state index contributed by atoms with van der Waals surface area (Å²) in [5.41, 5.74) is 2.48. The molecule has 0 saturated carbocycles.